The van der Waals surface area contributed by atoms with E-state index in [9.17, 15) is 0 Å². The Morgan fingerprint density at radius 1 is 1.38 bits per heavy atom. The lowest BCUT2D eigenvalue weighted by Crippen LogP contribution is -1.83. The lowest BCUT2D eigenvalue weighted by molar-refractivity contribution is 0.418. The summed E-state index contributed by atoms with van der Waals surface area (Å²) in [6.07, 6.45) is 1.32. The zero-order chi connectivity index (χ0) is 9.26. The molecule has 1 aromatic heterocycles. The largest absolute Gasteiger partial charge is 0.342 e. The van der Waals surface area contributed by atoms with Crippen LogP contribution in [0.2, 0.25) is 0 Å². The van der Waals surface area contributed by atoms with Gasteiger partial charge in [-0.1, -0.05) is 32.7 Å². The van der Waals surface area contributed by atoms with Gasteiger partial charge in [-0.15, -0.1) is 0 Å². The predicted molar refractivity (Wildman–Crippen MR) is 52.2 cm³/mol. The average Bonchev–Trinajstić information content (AvgIpc) is 2.61. The minimum atomic E-state index is 0.607. The summed E-state index contributed by atoms with van der Waals surface area (Å²) in [4.78, 5) is 3.98. The number of benzene rings is 1. The summed E-state index contributed by atoms with van der Waals surface area (Å²) in [5.74, 6) is 0.607. The third-order valence-electron chi connectivity index (χ3n) is 1.72. The van der Waals surface area contributed by atoms with Gasteiger partial charge in [0.1, 0.15) is 0 Å². The van der Waals surface area contributed by atoms with E-state index < -0.39 is 0 Å². The van der Waals surface area contributed by atoms with Crippen molar-refractivity contribution in [3.05, 3.63) is 34.6 Å². The third kappa shape index (κ3) is 1.62. The molecular weight excluding hydrogens is 232 g/mol. The maximum absolute atomic E-state index is 4.68. The van der Waals surface area contributed by atoms with Crippen LogP contribution < -0.4 is 0 Å². The number of rotatable bonds is 1. The number of aryl methyl sites for hydroxylation is 1. The highest BCUT2D eigenvalue weighted by Gasteiger charge is 2.06. The van der Waals surface area contributed by atoms with Crippen molar-refractivity contribution in [1.82, 2.24) is 10.1 Å². The van der Waals surface area contributed by atoms with Gasteiger partial charge in [-0.05, 0) is 19.1 Å². The summed E-state index contributed by atoms with van der Waals surface area (Å²) < 4.78 is 5.65. The zero-order valence-corrected chi connectivity index (χ0v) is 8.58. The highest BCUT2D eigenvalue weighted by atomic mass is 79.9. The lowest BCUT2D eigenvalue weighted by Gasteiger charge is -1.99. The van der Waals surface area contributed by atoms with Gasteiger partial charge in [-0.2, -0.15) is 4.98 Å². The monoisotopic (exact) mass is 238 g/mol. The molecule has 2 rings (SSSR count). The fraction of sp³-hybridized carbons (Fsp3) is 0.111. The lowest BCUT2D eigenvalue weighted by atomic mass is 10.1. The first-order chi connectivity index (χ1) is 6.27. The Morgan fingerprint density at radius 2 is 2.23 bits per heavy atom. The Morgan fingerprint density at radius 3 is 2.92 bits per heavy atom. The molecule has 0 saturated heterocycles. The van der Waals surface area contributed by atoms with E-state index in [2.05, 4.69) is 30.6 Å². The molecule has 0 spiro atoms. The van der Waals surface area contributed by atoms with Crippen molar-refractivity contribution in [2.45, 2.75) is 6.92 Å². The highest BCUT2D eigenvalue weighted by molar-refractivity contribution is 9.10. The molecule has 0 N–H and O–H groups in total. The molecule has 1 heterocycles. The van der Waals surface area contributed by atoms with Gasteiger partial charge in [-0.25, -0.2) is 0 Å². The number of nitrogens with zero attached hydrogens (tertiary/aromatic N) is 2. The molecule has 0 aliphatic rings. The molecule has 0 aliphatic heterocycles. The fourth-order valence-electron chi connectivity index (χ4n) is 1.10. The molecule has 0 amide bonds. The Balaban J connectivity index is 2.57. The molecule has 2 aromatic rings. The predicted octanol–water partition coefficient (Wildman–Crippen LogP) is 2.81. The summed E-state index contributed by atoms with van der Waals surface area (Å²) in [5, 5.41) is 3.77. The van der Waals surface area contributed by atoms with Gasteiger partial charge in [0.05, 0.1) is 0 Å². The number of aromatic nitrogens is 2. The Labute approximate surface area is 83.9 Å². The van der Waals surface area contributed by atoms with Crippen molar-refractivity contribution in [1.29, 1.82) is 0 Å². The SMILES string of the molecule is Cc1ccc(Br)c(-c2ncon2)c1. The zero-order valence-electron chi connectivity index (χ0n) is 6.99. The van der Waals surface area contributed by atoms with Crippen LogP contribution in [0.3, 0.4) is 0 Å². The summed E-state index contributed by atoms with van der Waals surface area (Å²) in [7, 11) is 0. The standard InChI is InChI=1S/C9H7BrN2O/c1-6-2-3-8(10)7(4-6)9-11-5-13-12-9/h2-5H,1H3. The van der Waals surface area contributed by atoms with E-state index in [1.54, 1.807) is 0 Å². The van der Waals surface area contributed by atoms with E-state index in [0.717, 1.165) is 10.0 Å². The van der Waals surface area contributed by atoms with Crippen molar-refractivity contribution < 1.29 is 4.52 Å². The van der Waals surface area contributed by atoms with Crippen LogP contribution in [0.1, 0.15) is 5.56 Å². The second-order valence-electron chi connectivity index (χ2n) is 2.74. The van der Waals surface area contributed by atoms with Gasteiger partial charge >= 0.3 is 0 Å². The molecule has 0 atom stereocenters. The molecule has 66 valence electrons. The maximum atomic E-state index is 4.68. The number of hydrogen-bond donors (Lipinski definition) is 0. The highest BCUT2D eigenvalue weighted by Crippen LogP contribution is 2.26. The summed E-state index contributed by atoms with van der Waals surface area (Å²) in [5.41, 5.74) is 2.12. The molecule has 0 aliphatic carbocycles. The molecule has 13 heavy (non-hydrogen) atoms. The molecule has 0 fully saturated rings. The van der Waals surface area contributed by atoms with Gasteiger partial charge < -0.3 is 4.52 Å². The first kappa shape index (κ1) is 8.44. The molecule has 0 radical (unpaired) electrons. The van der Waals surface area contributed by atoms with Crippen LogP contribution in [0.4, 0.5) is 0 Å². The van der Waals surface area contributed by atoms with Crippen LogP contribution in [-0.2, 0) is 0 Å². The second-order valence-corrected chi connectivity index (χ2v) is 3.59. The normalized spacial score (nSPS) is 10.3. The number of halogens is 1. The van der Waals surface area contributed by atoms with E-state index in [1.807, 2.05) is 25.1 Å². The first-order valence-electron chi connectivity index (χ1n) is 3.80. The summed E-state index contributed by atoms with van der Waals surface area (Å²) in [6.45, 7) is 2.02. The second kappa shape index (κ2) is 3.30. The van der Waals surface area contributed by atoms with E-state index in [0.29, 0.717) is 5.82 Å². The van der Waals surface area contributed by atoms with Crippen molar-refractivity contribution in [3.8, 4) is 11.4 Å². The first-order valence-corrected chi connectivity index (χ1v) is 4.59. The maximum Gasteiger partial charge on any atom is 0.214 e. The molecular formula is C9H7BrN2O. The average molecular weight is 239 g/mol. The number of hydrogen-bond acceptors (Lipinski definition) is 3. The van der Waals surface area contributed by atoms with Crippen molar-refractivity contribution in [2.24, 2.45) is 0 Å². The third-order valence-corrected chi connectivity index (χ3v) is 2.42. The molecule has 0 unspecified atom stereocenters. The van der Waals surface area contributed by atoms with E-state index in [1.165, 1.54) is 12.0 Å². The van der Waals surface area contributed by atoms with Crippen molar-refractivity contribution in [2.75, 3.05) is 0 Å². The summed E-state index contributed by atoms with van der Waals surface area (Å²) >= 11 is 3.43. The topological polar surface area (TPSA) is 38.9 Å². The van der Waals surface area contributed by atoms with E-state index in [-0.39, 0.29) is 0 Å². The van der Waals surface area contributed by atoms with E-state index >= 15 is 0 Å². The van der Waals surface area contributed by atoms with Gasteiger partial charge in [0, 0.05) is 10.0 Å². The minimum absolute atomic E-state index is 0.607. The minimum Gasteiger partial charge on any atom is -0.342 e. The fourth-order valence-corrected chi connectivity index (χ4v) is 1.52. The van der Waals surface area contributed by atoms with Crippen LogP contribution in [-0.4, -0.2) is 10.1 Å². The van der Waals surface area contributed by atoms with Crippen LogP contribution >= 0.6 is 15.9 Å². The quantitative estimate of drug-likeness (QED) is 0.767. The van der Waals surface area contributed by atoms with Crippen LogP contribution in [0, 0.1) is 6.92 Å². The molecule has 3 nitrogen and oxygen atoms in total. The van der Waals surface area contributed by atoms with Gasteiger partial charge in [0.2, 0.25) is 12.2 Å². The Hall–Kier alpha value is -1.16. The van der Waals surface area contributed by atoms with Gasteiger partial charge in [0.25, 0.3) is 0 Å². The van der Waals surface area contributed by atoms with Crippen molar-refractivity contribution >= 4 is 15.9 Å². The Bertz CT molecular complexity index is 412. The molecule has 0 bridgehead atoms. The Kier molecular flexibility index (Phi) is 2.14. The molecule has 1 aromatic carbocycles. The molecule has 4 heteroatoms. The van der Waals surface area contributed by atoms with Gasteiger partial charge in [0.15, 0.2) is 0 Å². The smallest absolute Gasteiger partial charge is 0.214 e. The van der Waals surface area contributed by atoms with Crippen LogP contribution in [0.5, 0.6) is 0 Å². The van der Waals surface area contributed by atoms with Crippen LogP contribution in [0.15, 0.2) is 33.6 Å². The van der Waals surface area contributed by atoms with E-state index in [4.69, 9.17) is 0 Å². The van der Waals surface area contributed by atoms with Crippen molar-refractivity contribution in [3.63, 3.8) is 0 Å². The summed E-state index contributed by atoms with van der Waals surface area (Å²) in [6, 6.07) is 6.00. The van der Waals surface area contributed by atoms with Gasteiger partial charge in [-0.3, -0.25) is 0 Å². The molecule has 0 saturated carbocycles. The van der Waals surface area contributed by atoms with Crippen LogP contribution in [0.25, 0.3) is 11.4 Å².